The van der Waals surface area contributed by atoms with Crippen LogP contribution in [0.25, 0.3) is 0 Å². The van der Waals surface area contributed by atoms with Crippen molar-refractivity contribution in [2.45, 2.75) is 57.5 Å². The molecule has 1 fully saturated rings. The van der Waals surface area contributed by atoms with Gasteiger partial charge in [0.05, 0.1) is 5.56 Å². The fraction of sp³-hybridized carbons (Fsp3) is 0.609. The molecule has 0 atom stereocenters. The third-order valence-corrected chi connectivity index (χ3v) is 5.65. The first kappa shape index (κ1) is 24.3. The summed E-state index contributed by atoms with van der Waals surface area (Å²) < 4.78 is 42.7. The van der Waals surface area contributed by atoms with Gasteiger partial charge in [-0.3, -0.25) is 0 Å². The van der Waals surface area contributed by atoms with Crippen LogP contribution in [-0.2, 0) is 6.18 Å². The lowest BCUT2D eigenvalue weighted by atomic mass is 9.80. The van der Waals surface area contributed by atoms with E-state index in [0.717, 1.165) is 56.1 Å². The SMILES string of the molecule is C=CCNCCCCCC1CCC(CNC(=O)Oc2ccc(C(F)(F)F)cc2)CC1. The van der Waals surface area contributed by atoms with Crippen molar-refractivity contribution >= 4 is 6.09 Å². The Bertz CT molecular complexity index is 639. The van der Waals surface area contributed by atoms with Gasteiger partial charge in [-0.15, -0.1) is 6.58 Å². The summed E-state index contributed by atoms with van der Waals surface area (Å²) >= 11 is 0. The Labute approximate surface area is 177 Å². The number of nitrogens with one attached hydrogen (secondary N) is 2. The van der Waals surface area contributed by atoms with Crippen molar-refractivity contribution in [2.75, 3.05) is 19.6 Å². The fourth-order valence-corrected chi connectivity index (χ4v) is 3.87. The summed E-state index contributed by atoms with van der Waals surface area (Å²) in [5.74, 6) is 1.31. The van der Waals surface area contributed by atoms with E-state index < -0.39 is 17.8 Å². The lowest BCUT2D eigenvalue weighted by Gasteiger charge is -2.28. The molecule has 1 saturated carbocycles. The van der Waals surface area contributed by atoms with Gasteiger partial charge in [0.25, 0.3) is 0 Å². The molecule has 2 rings (SSSR count). The number of unbranched alkanes of at least 4 members (excludes halogenated alkanes) is 2. The van der Waals surface area contributed by atoms with E-state index >= 15 is 0 Å². The summed E-state index contributed by atoms with van der Waals surface area (Å²) in [6, 6.07) is 4.12. The maximum atomic E-state index is 12.6. The largest absolute Gasteiger partial charge is 0.416 e. The number of hydrogen-bond donors (Lipinski definition) is 2. The van der Waals surface area contributed by atoms with Gasteiger partial charge in [-0.05, 0) is 61.9 Å². The van der Waals surface area contributed by atoms with Crippen LogP contribution in [-0.4, -0.2) is 25.7 Å². The summed E-state index contributed by atoms with van der Waals surface area (Å²) in [7, 11) is 0. The molecule has 0 radical (unpaired) electrons. The Morgan fingerprint density at radius 2 is 1.73 bits per heavy atom. The molecule has 0 bridgehead atoms. The van der Waals surface area contributed by atoms with E-state index in [1.54, 1.807) is 0 Å². The second-order valence-corrected chi connectivity index (χ2v) is 8.02. The molecule has 4 nitrogen and oxygen atoms in total. The Hall–Kier alpha value is -2.02. The number of rotatable bonds is 11. The topological polar surface area (TPSA) is 50.4 Å². The smallest absolute Gasteiger partial charge is 0.410 e. The van der Waals surface area contributed by atoms with Crippen LogP contribution in [0.4, 0.5) is 18.0 Å². The van der Waals surface area contributed by atoms with Crippen LogP contribution in [0.1, 0.15) is 56.9 Å². The van der Waals surface area contributed by atoms with Crippen LogP contribution in [0.15, 0.2) is 36.9 Å². The molecular weight excluding hydrogens is 393 g/mol. The van der Waals surface area contributed by atoms with Crippen LogP contribution in [0.2, 0.25) is 0 Å². The number of carbonyl (C=O) groups is 1. The first-order valence-electron chi connectivity index (χ1n) is 10.8. The molecule has 1 amide bonds. The van der Waals surface area contributed by atoms with Gasteiger partial charge in [-0.25, -0.2) is 4.79 Å². The zero-order valence-electron chi connectivity index (χ0n) is 17.5. The van der Waals surface area contributed by atoms with Crippen molar-refractivity contribution in [3.63, 3.8) is 0 Å². The lowest BCUT2D eigenvalue weighted by Crippen LogP contribution is -2.33. The summed E-state index contributed by atoms with van der Waals surface area (Å²) in [5, 5.41) is 6.06. The Balaban J connectivity index is 1.56. The standard InChI is InChI=1S/C23H33F3N2O2/c1-2-15-27-16-5-3-4-6-18-7-9-19(10-8-18)17-28-22(29)30-21-13-11-20(12-14-21)23(24,25)26/h2,11-14,18-19,27H,1,3-10,15-17H2,(H,28,29). The summed E-state index contributed by atoms with van der Waals surface area (Å²) in [4.78, 5) is 11.9. The third kappa shape index (κ3) is 9.20. The molecule has 0 aromatic heterocycles. The van der Waals surface area contributed by atoms with Gasteiger partial charge in [-0.1, -0.05) is 38.2 Å². The van der Waals surface area contributed by atoms with E-state index in [4.69, 9.17) is 4.74 Å². The van der Waals surface area contributed by atoms with Gasteiger partial charge in [0.15, 0.2) is 0 Å². The van der Waals surface area contributed by atoms with Gasteiger partial charge >= 0.3 is 12.3 Å². The molecule has 0 heterocycles. The van der Waals surface area contributed by atoms with E-state index in [1.165, 1.54) is 38.5 Å². The number of amides is 1. The minimum Gasteiger partial charge on any atom is -0.410 e. The van der Waals surface area contributed by atoms with Gasteiger partial charge < -0.3 is 15.4 Å². The van der Waals surface area contributed by atoms with E-state index in [-0.39, 0.29) is 5.75 Å². The zero-order valence-corrected chi connectivity index (χ0v) is 17.5. The number of alkyl halides is 3. The van der Waals surface area contributed by atoms with Crippen molar-refractivity contribution in [2.24, 2.45) is 11.8 Å². The third-order valence-electron chi connectivity index (χ3n) is 5.65. The van der Waals surface area contributed by atoms with Crippen LogP contribution < -0.4 is 15.4 Å². The lowest BCUT2D eigenvalue weighted by molar-refractivity contribution is -0.137. The van der Waals surface area contributed by atoms with Crippen LogP contribution >= 0.6 is 0 Å². The van der Waals surface area contributed by atoms with Crippen molar-refractivity contribution < 1.29 is 22.7 Å². The van der Waals surface area contributed by atoms with Crippen molar-refractivity contribution in [3.8, 4) is 5.75 Å². The molecule has 7 heteroatoms. The van der Waals surface area contributed by atoms with Crippen molar-refractivity contribution in [1.82, 2.24) is 10.6 Å². The van der Waals surface area contributed by atoms with Crippen LogP contribution in [0.3, 0.4) is 0 Å². The van der Waals surface area contributed by atoms with Crippen molar-refractivity contribution in [1.29, 1.82) is 0 Å². The molecule has 0 unspecified atom stereocenters. The molecule has 1 aromatic rings. The molecule has 1 aliphatic carbocycles. The van der Waals surface area contributed by atoms with Gasteiger partial charge in [0.2, 0.25) is 0 Å². The zero-order chi connectivity index (χ0) is 21.8. The maximum absolute atomic E-state index is 12.6. The van der Waals surface area contributed by atoms with E-state index in [0.29, 0.717) is 12.5 Å². The number of carbonyl (C=O) groups excluding carboxylic acids is 1. The van der Waals surface area contributed by atoms with Gasteiger partial charge in [-0.2, -0.15) is 13.2 Å². The minimum absolute atomic E-state index is 0.101. The van der Waals surface area contributed by atoms with E-state index in [9.17, 15) is 18.0 Å². The molecule has 0 spiro atoms. The highest BCUT2D eigenvalue weighted by molar-refractivity contribution is 5.70. The highest BCUT2D eigenvalue weighted by Crippen LogP contribution is 2.32. The Kier molecular flexibility index (Phi) is 10.2. The molecule has 1 aliphatic rings. The quantitative estimate of drug-likeness (QED) is 0.340. The highest BCUT2D eigenvalue weighted by atomic mass is 19.4. The number of halogens is 3. The van der Waals surface area contributed by atoms with Crippen LogP contribution in [0.5, 0.6) is 5.75 Å². The number of hydrogen-bond acceptors (Lipinski definition) is 3. The monoisotopic (exact) mass is 426 g/mol. The van der Waals surface area contributed by atoms with Gasteiger partial charge in [0.1, 0.15) is 5.75 Å². The fourth-order valence-electron chi connectivity index (χ4n) is 3.87. The average molecular weight is 427 g/mol. The normalized spacial score (nSPS) is 19.3. The molecule has 30 heavy (non-hydrogen) atoms. The Morgan fingerprint density at radius 1 is 1.07 bits per heavy atom. The summed E-state index contributed by atoms with van der Waals surface area (Å²) in [5.41, 5.74) is -0.767. The molecule has 0 aliphatic heterocycles. The van der Waals surface area contributed by atoms with E-state index in [2.05, 4.69) is 17.2 Å². The summed E-state index contributed by atoms with van der Waals surface area (Å²) in [6.07, 6.45) is 6.41. The molecule has 1 aromatic carbocycles. The van der Waals surface area contributed by atoms with Gasteiger partial charge in [0, 0.05) is 13.1 Å². The Morgan fingerprint density at radius 3 is 2.37 bits per heavy atom. The molecule has 0 saturated heterocycles. The first-order valence-corrected chi connectivity index (χ1v) is 10.8. The van der Waals surface area contributed by atoms with E-state index in [1.807, 2.05) is 6.08 Å². The maximum Gasteiger partial charge on any atom is 0.416 e. The first-order chi connectivity index (χ1) is 14.4. The van der Waals surface area contributed by atoms with Crippen molar-refractivity contribution in [3.05, 3.63) is 42.5 Å². The number of ether oxygens (including phenoxy) is 1. The minimum atomic E-state index is -4.40. The predicted octanol–water partition coefficient (Wildman–Crippen LogP) is 5.94. The second-order valence-electron chi connectivity index (χ2n) is 8.02. The average Bonchev–Trinajstić information content (AvgIpc) is 2.72. The second kappa shape index (κ2) is 12.6. The highest BCUT2D eigenvalue weighted by Gasteiger charge is 2.30. The predicted molar refractivity (Wildman–Crippen MR) is 112 cm³/mol. The summed E-state index contributed by atoms with van der Waals surface area (Å²) in [6.45, 7) is 6.15. The molecule has 168 valence electrons. The van der Waals surface area contributed by atoms with Crippen LogP contribution in [0, 0.1) is 11.8 Å². The number of benzene rings is 1. The molecule has 2 N–H and O–H groups in total. The molecular formula is C23H33F3N2O2.